The van der Waals surface area contributed by atoms with Crippen molar-refractivity contribution in [3.8, 4) is 0 Å². The van der Waals surface area contributed by atoms with Crippen molar-refractivity contribution in [1.29, 1.82) is 0 Å². The van der Waals surface area contributed by atoms with Gasteiger partial charge in [-0.25, -0.2) is 0 Å². The summed E-state index contributed by atoms with van der Waals surface area (Å²) in [5.41, 5.74) is 8.17. The van der Waals surface area contributed by atoms with Gasteiger partial charge in [-0.2, -0.15) is 0 Å². The molecule has 0 spiro atoms. The molecule has 1 aromatic rings. The fraction of sp³-hybridized carbons (Fsp3) is 0.625. The minimum absolute atomic E-state index is 0.144. The standard InChI is InChI=1S/C16H26ClN3/c1-12(18)8-14-4-5-15(9-16(14)17)20(3)11-13-6-7-19(2)10-13/h4-5,9,12-13H,6-8,10-11,18H2,1-3H3. The SMILES string of the molecule is CC(N)Cc1ccc(N(C)CC2CCN(C)C2)cc1Cl. The number of anilines is 1. The first-order chi connectivity index (χ1) is 9.45. The molecule has 1 fully saturated rings. The molecule has 2 unspecified atom stereocenters. The van der Waals surface area contributed by atoms with E-state index >= 15 is 0 Å². The summed E-state index contributed by atoms with van der Waals surface area (Å²) in [5.74, 6) is 0.757. The van der Waals surface area contributed by atoms with Crippen LogP contribution in [-0.2, 0) is 6.42 Å². The van der Waals surface area contributed by atoms with E-state index in [4.69, 9.17) is 17.3 Å². The number of halogens is 1. The Morgan fingerprint density at radius 3 is 2.80 bits per heavy atom. The zero-order chi connectivity index (χ0) is 14.7. The molecule has 3 nitrogen and oxygen atoms in total. The van der Waals surface area contributed by atoms with Gasteiger partial charge in [-0.3, -0.25) is 0 Å². The maximum atomic E-state index is 6.37. The van der Waals surface area contributed by atoms with E-state index < -0.39 is 0 Å². The summed E-state index contributed by atoms with van der Waals surface area (Å²) < 4.78 is 0. The van der Waals surface area contributed by atoms with Crippen molar-refractivity contribution in [3.05, 3.63) is 28.8 Å². The third-order valence-corrected chi connectivity index (χ3v) is 4.39. The van der Waals surface area contributed by atoms with Crippen molar-refractivity contribution < 1.29 is 0 Å². The summed E-state index contributed by atoms with van der Waals surface area (Å²) in [6.45, 7) is 5.51. The zero-order valence-corrected chi connectivity index (χ0v) is 13.5. The van der Waals surface area contributed by atoms with Crippen LogP contribution >= 0.6 is 11.6 Å². The molecule has 0 aromatic heterocycles. The first-order valence-electron chi connectivity index (χ1n) is 7.39. The molecule has 0 saturated carbocycles. The third-order valence-electron chi connectivity index (χ3n) is 4.04. The van der Waals surface area contributed by atoms with Crippen molar-refractivity contribution >= 4 is 17.3 Å². The average molecular weight is 296 g/mol. The summed E-state index contributed by atoms with van der Waals surface area (Å²) in [6.07, 6.45) is 2.12. The highest BCUT2D eigenvalue weighted by molar-refractivity contribution is 6.31. The van der Waals surface area contributed by atoms with Gasteiger partial charge in [0, 0.05) is 36.9 Å². The number of likely N-dealkylation sites (tertiary alicyclic amines) is 1. The molecule has 1 heterocycles. The van der Waals surface area contributed by atoms with E-state index in [-0.39, 0.29) is 6.04 Å². The van der Waals surface area contributed by atoms with Gasteiger partial charge in [0.1, 0.15) is 0 Å². The Kier molecular flexibility index (Phi) is 5.30. The van der Waals surface area contributed by atoms with Crippen LogP contribution in [0.25, 0.3) is 0 Å². The predicted octanol–water partition coefficient (Wildman–Crippen LogP) is 2.62. The van der Waals surface area contributed by atoms with E-state index in [2.05, 4.69) is 42.1 Å². The Bertz CT molecular complexity index is 447. The van der Waals surface area contributed by atoms with Crippen molar-refractivity contribution in [1.82, 2.24) is 4.90 Å². The average Bonchev–Trinajstić information content (AvgIpc) is 2.76. The smallest absolute Gasteiger partial charge is 0.0459 e. The van der Waals surface area contributed by atoms with Crippen LogP contribution < -0.4 is 10.6 Å². The molecule has 2 rings (SSSR count). The van der Waals surface area contributed by atoms with Crippen molar-refractivity contribution in [2.75, 3.05) is 38.6 Å². The monoisotopic (exact) mass is 295 g/mol. The summed E-state index contributed by atoms with van der Waals surface area (Å²) in [5, 5.41) is 0.829. The lowest BCUT2D eigenvalue weighted by molar-refractivity contribution is 0.396. The Hall–Kier alpha value is -0.770. The number of benzene rings is 1. The minimum Gasteiger partial charge on any atom is -0.374 e. The van der Waals surface area contributed by atoms with Gasteiger partial charge in [-0.05, 0) is 57.0 Å². The summed E-state index contributed by atoms with van der Waals surface area (Å²) >= 11 is 6.37. The van der Waals surface area contributed by atoms with Crippen LogP contribution in [0, 0.1) is 5.92 Å². The van der Waals surface area contributed by atoms with Crippen LogP contribution in [0.4, 0.5) is 5.69 Å². The van der Waals surface area contributed by atoms with Crippen LogP contribution in [0.3, 0.4) is 0 Å². The highest BCUT2D eigenvalue weighted by atomic mass is 35.5. The lowest BCUT2D eigenvalue weighted by Crippen LogP contribution is -2.27. The highest BCUT2D eigenvalue weighted by Gasteiger charge is 2.21. The molecule has 20 heavy (non-hydrogen) atoms. The molecule has 0 aliphatic carbocycles. The van der Waals surface area contributed by atoms with Gasteiger partial charge in [0.15, 0.2) is 0 Å². The van der Waals surface area contributed by atoms with E-state index in [0.717, 1.165) is 29.5 Å². The van der Waals surface area contributed by atoms with Crippen LogP contribution in [0.15, 0.2) is 18.2 Å². The Morgan fingerprint density at radius 1 is 1.50 bits per heavy atom. The van der Waals surface area contributed by atoms with E-state index in [1.165, 1.54) is 25.2 Å². The van der Waals surface area contributed by atoms with E-state index in [9.17, 15) is 0 Å². The van der Waals surface area contributed by atoms with E-state index in [0.29, 0.717) is 0 Å². The van der Waals surface area contributed by atoms with Crippen molar-refractivity contribution in [2.45, 2.75) is 25.8 Å². The quantitative estimate of drug-likeness (QED) is 0.906. The van der Waals surface area contributed by atoms with E-state index in [1.807, 2.05) is 6.92 Å². The molecule has 112 valence electrons. The van der Waals surface area contributed by atoms with Crippen LogP contribution in [0.2, 0.25) is 5.02 Å². The molecule has 2 atom stereocenters. The highest BCUT2D eigenvalue weighted by Crippen LogP contribution is 2.25. The Balaban J connectivity index is 1.99. The molecule has 4 heteroatoms. The summed E-state index contributed by atoms with van der Waals surface area (Å²) in [6, 6.07) is 6.48. The molecule has 1 aliphatic rings. The number of nitrogens with zero attached hydrogens (tertiary/aromatic N) is 2. The molecule has 0 bridgehead atoms. The van der Waals surface area contributed by atoms with E-state index in [1.54, 1.807) is 0 Å². The normalized spacial score (nSPS) is 21.1. The fourth-order valence-corrected chi connectivity index (χ4v) is 3.21. The first kappa shape index (κ1) is 15.6. The van der Waals surface area contributed by atoms with Gasteiger partial charge in [0.05, 0.1) is 0 Å². The maximum Gasteiger partial charge on any atom is 0.0459 e. The van der Waals surface area contributed by atoms with Gasteiger partial charge in [-0.1, -0.05) is 17.7 Å². The molecule has 0 radical (unpaired) electrons. The second-order valence-corrected chi connectivity index (χ2v) is 6.66. The Morgan fingerprint density at radius 2 is 2.25 bits per heavy atom. The number of hydrogen-bond donors (Lipinski definition) is 1. The maximum absolute atomic E-state index is 6.37. The molecule has 1 aliphatic heterocycles. The second kappa shape index (κ2) is 6.79. The zero-order valence-electron chi connectivity index (χ0n) is 12.8. The predicted molar refractivity (Wildman–Crippen MR) is 87.7 cm³/mol. The number of rotatable bonds is 5. The molecular formula is C16H26ClN3. The van der Waals surface area contributed by atoms with Crippen molar-refractivity contribution in [2.24, 2.45) is 11.7 Å². The first-order valence-corrected chi connectivity index (χ1v) is 7.77. The topological polar surface area (TPSA) is 32.5 Å². The largest absolute Gasteiger partial charge is 0.374 e. The van der Waals surface area contributed by atoms with Crippen molar-refractivity contribution in [3.63, 3.8) is 0 Å². The summed E-state index contributed by atoms with van der Waals surface area (Å²) in [7, 11) is 4.34. The Labute approximate surface area is 127 Å². The number of nitrogens with two attached hydrogens (primary N) is 1. The van der Waals surface area contributed by atoms with Gasteiger partial charge in [0.25, 0.3) is 0 Å². The third kappa shape index (κ3) is 4.11. The van der Waals surface area contributed by atoms with Gasteiger partial charge < -0.3 is 15.5 Å². The summed E-state index contributed by atoms with van der Waals surface area (Å²) in [4.78, 5) is 4.71. The van der Waals surface area contributed by atoms with Gasteiger partial charge in [0.2, 0.25) is 0 Å². The molecule has 1 aromatic carbocycles. The van der Waals surface area contributed by atoms with Crippen LogP contribution in [-0.4, -0.2) is 44.7 Å². The molecule has 2 N–H and O–H groups in total. The van der Waals surface area contributed by atoms with Crippen LogP contribution in [0.1, 0.15) is 18.9 Å². The lowest BCUT2D eigenvalue weighted by Gasteiger charge is -2.24. The second-order valence-electron chi connectivity index (χ2n) is 6.25. The minimum atomic E-state index is 0.144. The van der Waals surface area contributed by atoms with Crippen LogP contribution in [0.5, 0.6) is 0 Å². The molecule has 1 saturated heterocycles. The van der Waals surface area contributed by atoms with Gasteiger partial charge in [-0.15, -0.1) is 0 Å². The molecule has 0 amide bonds. The fourth-order valence-electron chi connectivity index (χ4n) is 2.95. The number of hydrogen-bond acceptors (Lipinski definition) is 3. The van der Waals surface area contributed by atoms with Gasteiger partial charge >= 0.3 is 0 Å². The molecular weight excluding hydrogens is 270 g/mol. The lowest BCUT2D eigenvalue weighted by atomic mass is 10.1.